The number of aliphatic carboxylic acids is 1. The van der Waals surface area contributed by atoms with Crippen molar-refractivity contribution in [3.05, 3.63) is 60.2 Å². The molecule has 1 heterocycles. The number of nitrogens with zero attached hydrogens (tertiary/aromatic N) is 1. The van der Waals surface area contributed by atoms with Crippen molar-refractivity contribution in [2.45, 2.75) is 0 Å². The van der Waals surface area contributed by atoms with Gasteiger partial charge in [0.1, 0.15) is 5.82 Å². The van der Waals surface area contributed by atoms with Crippen LogP contribution in [-0.2, 0) is 4.79 Å². The minimum Gasteiger partial charge on any atom is -0.478 e. The number of hydrogen-bond donors (Lipinski definition) is 1. The van der Waals surface area contributed by atoms with Crippen molar-refractivity contribution in [2.75, 3.05) is 0 Å². The van der Waals surface area contributed by atoms with Crippen molar-refractivity contribution in [2.24, 2.45) is 0 Å². The maximum Gasteiger partial charge on any atom is 0.328 e. The molecule has 0 aliphatic rings. The number of carboxylic acids is 1. The van der Waals surface area contributed by atoms with Crippen LogP contribution in [-0.4, -0.2) is 16.1 Å². The van der Waals surface area contributed by atoms with Crippen LogP contribution in [0.15, 0.2) is 48.8 Å². The number of pyridine rings is 1. The summed E-state index contributed by atoms with van der Waals surface area (Å²) in [5.41, 5.74) is 1.37. The van der Waals surface area contributed by atoms with Gasteiger partial charge < -0.3 is 5.11 Å². The smallest absolute Gasteiger partial charge is 0.328 e. The Bertz CT molecular complexity index is 594. The lowest BCUT2D eigenvalue weighted by molar-refractivity contribution is -0.131. The number of hydrogen-bond acceptors (Lipinski definition) is 2. The summed E-state index contributed by atoms with van der Waals surface area (Å²) in [5.74, 6) is -1.55. The van der Waals surface area contributed by atoms with Gasteiger partial charge in [-0.2, -0.15) is 0 Å². The molecule has 0 atom stereocenters. The van der Waals surface area contributed by atoms with Gasteiger partial charge in [0, 0.05) is 29.6 Å². The summed E-state index contributed by atoms with van der Waals surface area (Å²) in [5, 5.41) is 8.53. The molecule has 1 N–H and O–H groups in total. The van der Waals surface area contributed by atoms with Gasteiger partial charge in [-0.25, -0.2) is 9.18 Å². The first-order valence-corrected chi connectivity index (χ1v) is 5.28. The highest BCUT2D eigenvalue weighted by molar-refractivity contribution is 5.85. The zero-order chi connectivity index (χ0) is 13.0. The molecule has 0 bridgehead atoms. The standard InChI is InChI=1S/C14H10FNO2/c15-14-11(4-5-13(17)18)2-1-3-12(14)10-6-8-16-9-7-10/h1-9H,(H,17,18). The molecule has 18 heavy (non-hydrogen) atoms. The van der Waals surface area contributed by atoms with E-state index in [0.29, 0.717) is 11.1 Å². The summed E-state index contributed by atoms with van der Waals surface area (Å²) in [7, 11) is 0. The van der Waals surface area contributed by atoms with E-state index in [0.717, 1.165) is 6.08 Å². The van der Waals surface area contributed by atoms with Gasteiger partial charge in [-0.3, -0.25) is 4.98 Å². The van der Waals surface area contributed by atoms with E-state index in [9.17, 15) is 9.18 Å². The van der Waals surface area contributed by atoms with Crippen molar-refractivity contribution in [1.82, 2.24) is 4.98 Å². The third-order valence-corrected chi connectivity index (χ3v) is 2.43. The van der Waals surface area contributed by atoms with E-state index in [4.69, 9.17) is 5.11 Å². The molecular formula is C14H10FNO2. The Morgan fingerprint density at radius 2 is 1.94 bits per heavy atom. The minimum absolute atomic E-state index is 0.242. The van der Waals surface area contributed by atoms with Gasteiger partial charge in [-0.1, -0.05) is 18.2 Å². The molecular weight excluding hydrogens is 233 g/mol. The second kappa shape index (κ2) is 5.23. The van der Waals surface area contributed by atoms with Crippen LogP contribution in [0, 0.1) is 5.82 Å². The fourth-order valence-corrected chi connectivity index (χ4v) is 1.59. The molecule has 3 nitrogen and oxygen atoms in total. The number of benzene rings is 1. The number of carbonyl (C=O) groups is 1. The molecule has 0 aliphatic heterocycles. The van der Waals surface area contributed by atoms with Crippen LogP contribution in [0.25, 0.3) is 17.2 Å². The SMILES string of the molecule is O=C(O)C=Cc1cccc(-c2ccncc2)c1F. The summed E-state index contributed by atoms with van der Waals surface area (Å²) < 4.78 is 14.1. The fourth-order valence-electron chi connectivity index (χ4n) is 1.59. The molecule has 1 aromatic carbocycles. The van der Waals surface area contributed by atoms with E-state index in [1.807, 2.05) is 0 Å². The summed E-state index contributed by atoms with van der Waals surface area (Å²) in [6.07, 6.45) is 5.31. The summed E-state index contributed by atoms with van der Waals surface area (Å²) in [6.45, 7) is 0. The normalized spacial score (nSPS) is 10.7. The molecule has 2 aromatic rings. The molecule has 90 valence electrons. The topological polar surface area (TPSA) is 50.2 Å². The Kier molecular flexibility index (Phi) is 3.48. The van der Waals surface area contributed by atoms with Crippen molar-refractivity contribution in [3.8, 4) is 11.1 Å². The van der Waals surface area contributed by atoms with Gasteiger partial charge in [0.05, 0.1) is 0 Å². The quantitative estimate of drug-likeness (QED) is 0.843. The fraction of sp³-hybridized carbons (Fsp3) is 0. The molecule has 0 unspecified atom stereocenters. The van der Waals surface area contributed by atoms with Gasteiger partial charge in [-0.05, 0) is 23.8 Å². The highest BCUT2D eigenvalue weighted by atomic mass is 19.1. The number of halogens is 1. The van der Waals surface area contributed by atoms with Crippen molar-refractivity contribution >= 4 is 12.0 Å². The monoisotopic (exact) mass is 243 g/mol. The Hall–Kier alpha value is -2.49. The molecule has 2 rings (SSSR count). The largest absolute Gasteiger partial charge is 0.478 e. The van der Waals surface area contributed by atoms with Crippen molar-refractivity contribution in [1.29, 1.82) is 0 Å². The summed E-state index contributed by atoms with van der Waals surface area (Å²) >= 11 is 0. The van der Waals surface area contributed by atoms with E-state index in [1.54, 1.807) is 36.7 Å². The molecule has 0 amide bonds. The first kappa shape index (κ1) is 12.0. The second-order valence-electron chi connectivity index (χ2n) is 3.62. The van der Waals surface area contributed by atoms with Gasteiger partial charge in [-0.15, -0.1) is 0 Å². The van der Waals surface area contributed by atoms with E-state index in [2.05, 4.69) is 4.98 Å². The van der Waals surface area contributed by atoms with Gasteiger partial charge in [0.2, 0.25) is 0 Å². The first-order chi connectivity index (χ1) is 8.68. The van der Waals surface area contributed by atoms with Crippen molar-refractivity contribution < 1.29 is 14.3 Å². The predicted molar refractivity (Wildman–Crippen MR) is 66.3 cm³/mol. The van der Waals surface area contributed by atoms with Crippen LogP contribution in [0.5, 0.6) is 0 Å². The lowest BCUT2D eigenvalue weighted by Gasteiger charge is -2.05. The van der Waals surface area contributed by atoms with E-state index in [1.165, 1.54) is 12.1 Å². The molecule has 4 heteroatoms. The zero-order valence-corrected chi connectivity index (χ0v) is 9.38. The van der Waals surface area contributed by atoms with E-state index < -0.39 is 11.8 Å². The van der Waals surface area contributed by atoms with E-state index in [-0.39, 0.29) is 5.56 Å². The summed E-state index contributed by atoms with van der Waals surface area (Å²) in [6, 6.07) is 8.24. The highest BCUT2D eigenvalue weighted by Gasteiger charge is 2.07. The number of carboxylic acid groups (broad SMARTS) is 1. The maximum absolute atomic E-state index is 14.1. The lowest BCUT2D eigenvalue weighted by Crippen LogP contribution is -1.90. The Labute approximate surface area is 103 Å². The van der Waals surface area contributed by atoms with Crippen LogP contribution in [0.4, 0.5) is 4.39 Å². The Balaban J connectivity index is 2.46. The van der Waals surface area contributed by atoms with Gasteiger partial charge >= 0.3 is 5.97 Å². The Morgan fingerprint density at radius 1 is 1.22 bits per heavy atom. The molecule has 0 radical (unpaired) electrons. The lowest BCUT2D eigenvalue weighted by atomic mass is 10.0. The van der Waals surface area contributed by atoms with Crippen LogP contribution in [0.2, 0.25) is 0 Å². The molecule has 0 saturated carbocycles. The molecule has 0 saturated heterocycles. The number of aromatic nitrogens is 1. The van der Waals surface area contributed by atoms with Crippen LogP contribution < -0.4 is 0 Å². The first-order valence-electron chi connectivity index (χ1n) is 5.28. The van der Waals surface area contributed by atoms with Crippen LogP contribution >= 0.6 is 0 Å². The average Bonchev–Trinajstić information content (AvgIpc) is 2.38. The zero-order valence-electron chi connectivity index (χ0n) is 9.38. The van der Waals surface area contributed by atoms with Gasteiger partial charge in [0.15, 0.2) is 0 Å². The maximum atomic E-state index is 14.1. The Morgan fingerprint density at radius 3 is 2.61 bits per heavy atom. The third kappa shape index (κ3) is 2.60. The molecule has 1 aromatic heterocycles. The van der Waals surface area contributed by atoms with E-state index >= 15 is 0 Å². The number of rotatable bonds is 3. The van der Waals surface area contributed by atoms with Crippen molar-refractivity contribution in [3.63, 3.8) is 0 Å². The molecule has 0 spiro atoms. The average molecular weight is 243 g/mol. The third-order valence-electron chi connectivity index (χ3n) is 2.43. The molecule has 0 aliphatic carbocycles. The summed E-state index contributed by atoms with van der Waals surface area (Å²) in [4.78, 5) is 14.3. The second-order valence-corrected chi connectivity index (χ2v) is 3.62. The predicted octanol–water partition coefficient (Wildman–Crippen LogP) is 2.99. The minimum atomic E-state index is -1.11. The van der Waals surface area contributed by atoms with Crippen LogP contribution in [0.1, 0.15) is 5.56 Å². The highest BCUT2D eigenvalue weighted by Crippen LogP contribution is 2.24. The molecule has 0 fully saturated rings. The van der Waals surface area contributed by atoms with Gasteiger partial charge in [0.25, 0.3) is 0 Å². The van der Waals surface area contributed by atoms with Crippen LogP contribution in [0.3, 0.4) is 0 Å².